The zero-order chi connectivity index (χ0) is 12.8. The fourth-order valence-electron chi connectivity index (χ4n) is 1.38. The molecular weight excluding hydrogens is 347 g/mol. The third-order valence-electron chi connectivity index (χ3n) is 2.12. The Labute approximate surface area is 128 Å². The van der Waals surface area contributed by atoms with E-state index in [-0.39, 0.29) is 15.7 Å². The van der Waals surface area contributed by atoms with Gasteiger partial charge in [-0.3, -0.25) is 0 Å². The number of rotatable bonds is 0. The van der Waals surface area contributed by atoms with Crippen molar-refractivity contribution in [1.29, 1.82) is 0 Å². The van der Waals surface area contributed by atoms with E-state index in [0.717, 1.165) is 0 Å². The summed E-state index contributed by atoms with van der Waals surface area (Å²) >= 11 is 35.4. The SMILES string of the molecule is Clc1c(C(Cl)(Cl)Cl)nc2c(Cl)cccc2c1Cl. The Balaban J connectivity index is 2.91. The van der Waals surface area contributed by atoms with E-state index in [9.17, 15) is 0 Å². The first-order valence-electron chi connectivity index (χ1n) is 4.33. The summed E-state index contributed by atoms with van der Waals surface area (Å²) in [6, 6.07) is 5.15. The number of aromatic nitrogens is 1. The summed E-state index contributed by atoms with van der Waals surface area (Å²) in [7, 11) is 0. The van der Waals surface area contributed by atoms with Crippen LogP contribution in [0.3, 0.4) is 0 Å². The van der Waals surface area contributed by atoms with Gasteiger partial charge in [-0.25, -0.2) is 4.98 Å². The minimum Gasteiger partial charge on any atom is -0.245 e. The molecule has 1 heterocycles. The van der Waals surface area contributed by atoms with Crippen molar-refractivity contribution in [3.63, 3.8) is 0 Å². The van der Waals surface area contributed by atoms with Crippen LogP contribution in [0.25, 0.3) is 10.9 Å². The van der Waals surface area contributed by atoms with Crippen molar-refractivity contribution in [2.24, 2.45) is 0 Å². The quantitative estimate of drug-likeness (QED) is 0.530. The third kappa shape index (κ3) is 2.56. The van der Waals surface area contributed by atoms with E-state index in [1.54, 1.807) is 18.2 Å². The van der Waals surface area contributed by atoms with E-state index < -0.39 is 3.79 Å². The zero-order valence-corrected chi connectivity index (χ0v) is 12.5. The number of halogens is 6. The number of fused-ring (bicyclic) bond motifs is 1. The van der Waals surface area contributed by atoms with Gasteiger partial charge in [0.15, 0.2) is 0 Å². The smallest absolute Gasteiger partial charge is 0.234 e. The van der Waals surface area contributed by atoms with Gasteiger partial charge in [0.2, 0.25) is 3.79 Å². The Kier molecular flexibility index (Phi) is 3.90. The number of alkyl halides is 3. The van der Waals surface area contributed by atoms with Crippen LogP contribution in [0.1, 0.15) is 5.69 Å². The molecule has 0 radical (unpaired) electrons. The molecule has 0 amide bonds. The molecule has 0 atom stereocenters. The summed E-state index contributed by atoms with van der Waals surface area (Å²) in [5.74, 6) is 0. The highest BCUT2D eigenvalue weighted by Crippen LogP contribution is 2.45. The van der Waals surface area contributed by atoms with Crippen LogP contribution >= 0.6 is 69.6 Å². The first kappa shape index (κ1) is 13.8. The number of nitrogens with zero attached hydrogens (tertiary/aromatic N) is 1. The molecule has 17 heavy (non-hydrogen) atoms. The zero-order valence-electron chi connectivity index (χ0n) is 7.95. The van der Waals surface area contributed by atoms with E-state index in [4.69, 9.17) is 69.6 Å². The van der Waals surface area contributed by atoms with Gasteiger partial charge >= 0.3 is 0 Å². The molecule has 0 aliphatic rings. The molecule has 0 saturated heterocycles. The lowest BCUT2D eigenvalue weighted by Crippen LogP contribution is -2.05. The number of hydrogen-bond donors (Lipinski definition) is 0. The minimum atomic E-state index is -1.76. The molecule has 2 rings (SSSR count). The van der Waals surface area contributed by atoms with Crippen LogP contribution in [0.2, 0.25) is 15.1 Å². The van der Waals surface area contributed by atoms with Crippen molar-refractivity contribution in [2.75, 3.05) is 0 Å². The van der Waals surface area contributed by atoms with Crippen LogP contribution in [-0.4, -0.2) is 4.98 Å². The van der Waals surface area contributed by atoms with Crippen LogP contribution < -0.4 is 0 Å². The molecule has 0 N–H and O–H groups in total. The Hall–Kier alpha value is 0.370. The summed E-state index contributed by atoms with van der Waals surface area (Å²) in [6.45, 7) is 0. The van der Waals surface area contributed by atoms with Crippen molar-refractivity contribution in [2.45, 2.75) is 3.79 Å². The lowest BCUT2D eigenvalue weighted by molar-refractivity contribution is 1.12. The molecular formula is C10H3Cl6N. The number of benzene rings is 1. The van der Waals surface area contributed by atoms with Gasteiger partial charge < -0.3 is 0 Å². The maximum atomic E-state index is 6.10. The molecule has 1 aromatic heterocycles. The average molecular weight is 350 g/mol. The molecule has 0 saturated carbocycles. The Bertz CT molecular complexity index is 589. The molecule has 1 aromatic carbocycles. The molecule has 7 heteroatoms. The minimum absolute atomic E-state index is 0.0646. The average Bonchev–Trinajstić information content (AvgIpc) is 2.22. The summed E-state index contributed by atoms with van der Waals surface area (Å²) < 4.78 is -1.76. The largest absolute Gasteiger partial charge is 0.245 e. The normalized spacial score (nSPS) is 12.1. The molecule has 1 nitrogen and oxygen atoms in total. The highest BCUT2D eigenvalue weighted by Gasteiger charge is 2.30. The molecule has 0 aliphatic carbocycles. The lowest BCUT2D eigenvalue weighted by atomic mass is 10.2. The number of para-hydroxylation sites is 1. The van der Waals surface area contributed by atoms with Crippen LogP contribution in [0.4, 0.5) is 0 Å². The van der Waals surface area contributed by atoms with Gasteiger partial charge in [-0.15, -0.1) is 0 Å². The second kappa shape index (κ2) is 4.80. The van der Waals surface area contributed by atoms with Gasteiger partial charge in [-0.1, -0.05) is 81.7 Å². The highest BCUT2D eigenvalue weighted by molar-refractivity contribution is 6.67. The Morgan fingerprint density at radius 2 is 1.59 bits per heavy atom. The predicted molar refractivity (Wildman–Crippen MR) is 76.0 cm³/mol. The highest BCUT2D eigenvalue weighted by atomic mass is 35.6. The summed E-state index contributed by atoms with van der Waals surface area (Å²) in [6.07, 6.45) is 0. The van der Waals surface area contributed by atoms with E-state index in [1.807, 2.05) is 0 Å². The van der Waals surface area contributed by atoms with Gasteiger partial charge in [0.1, 0.15) is 5.69 Å². The molecule has 2 aromatic rings. The third-order valence-corrected chi connectivity index (χ3v) is 3.82. The van der Waals surface area contributed by atoms with E-state index in [2.05, 4.69) is 4.98 Å². The number of pyridine rings is 1. The van der Waals surface area contributed by atoms with Gasteiger partial charge in [-0.2, -0.15) is 0 Å². The summed E-state index contributed by atoms with van der Waals surface area (Å²) in [4.78, 5) is 4.16. The topological polar surface area (TPSA) is 12.9 Å². The second-order valence-electron chi connectivity index (χ2n) is 3.22. The van der Waals surface area contributed by atoms with E-state index in [1.165, 1.54) is 0 Å². The lowest BCUT2D eigenvalue weighted by Gasteiger charge is -2.15. The fourth-order valence-corrected chi connectivity index (χ4v) is 2.68. The molecule has 0 spiro atoms. The van der Waals surface area contributed by atoms with Crippen molar-refractivity contribution in [3.05, 3.63) is 39.0 Å². The molecule has 0 bridgehead atoms. The van der Waals surface area contributed by atoms with Crippen molar-refractivity contribution in [1.82, 2.24) is 4.98 Å². The van der Waals surface area contributed by atoms with Crippen molar-refractivity contribution < 1.29 is 0 Å². The Morgan fingerprint density at radius 3 is 2.18 bits per heavy atom. The van der Waals surface area contributed by atoms with Crippen LogP contribution in [0.5, 0.6) is 0 Å². The standard InChI is InChI=1S/C10H3Cl6N/c11-5-3-1-2-4-6(12)7(13)9(10(14,15)16)17-8(4)5/h1-3H. The van der Waals surface area contributed by atoms with Gasteiger partial charge in [0.05, 0.1) is 20.6 Å². The maximum Gasteiger partial charge on any atom is 0.234 e. The van der Waals surface area contributed by atoms with Crippen molar-refractivity contribution >= 4 is 80.5 Å². The van der Waals surface area contributed by atoms with Gasteiger partial charge in [-0.05, 0) is 6.07 Å². The predicted octanol–water partition coefficient (Wildman–Crippen LogP) is 6.02. The Morgan fingerprint density at radius 1 is 0.941 bits per heavy atom. The maximum absolute atomic E-state index is 6.10. The van der Waals surface area contributed by atoms with E-state index in [0.29, 0.717) is 15.9 Å². The molecule has 0 aliphatic heterocycles. The van der Waals surface area contributed by atoms with Crippen LogP contribution in [0, 0.1) is 0 Å². The monoisotopic (exact) mass is 347 g/mol. The number of hydrogen-bond acceptors (Lipinski definition) is 1. The van der Waals surface area contributed by atoms with Gasteiger partial charge in [0.25, 0.3) is 0 Å². The van der Waals surface area contributed by atoms with Gasteiger partial charge in [0, 0.05) is 5.39 Å². The molecule has 90 valence electrons. The summed E-state index contributed by atoms with van der Waals surface area (Å²) in [5, 5.41) is 1.40. The van der Waals surface area contributed by atoms with E-state index >= 15 is 0 Å². The fraction of sp³-hybridized carbons (Fsp3) is 0.100. The molecule has 0 fully saturated rings. The molecule has 0 unspecified atom stereocenters. The first-order valence-corrected chi connectivity index (χ1v) is 6.59. The second-order valence-corrected chi connectivity index (χ2v) is 6.67. The summed E-state index contributed by atoms with van der Waals surface area (Å²) in [5.41, 5.74) is 0.514. The van der Waals surface area contributed by atoms with Crippen molar-refractivity contribution in [3.8, 4) is 0 Å². The van der Waals surface area contributed by atoms with Crippen LogP contribution in [-0.2, 0) is 3.79 Å². The van der Waals surface area contributed by atoms with Crippen LogP contribution in [0.15, 0.2) is 18.2 Å². The first-order chi connectivity index (χ1) is 7.82.